The van der Waals surface area contributed by atoms with Crippen LogP contribution < -0.4 is 4.74 Å². The summed E-state index contributed by atoms with van der Waals surface area (Å²) in [6, 6.07) is 7.18. The molecule has 0 aliphatic rings. The van der Waals surface area contributed by atoms with Crippen LogP contribution in [0.2, 0.25) is 0 Å². The molecule has 0 amide bonds. The van der Waals surface area contributed by atoms with Gasteiger partial charge in [0.05, 0.1) is 19.3 Å². The fourth-order valence-electron chi connectivity index (χ4n) is 1.29. The van der Waals surface area contributed by atoms with E-state index in [1.165, 1.54) is 0 Å². The van der Waals surface area contributed by atoms with E-state index in [1.807, 2.05) is 0 Å². The van der Waals surface area contributed by atoms with Crippen LogP contribution in [-0.2, 0) is 0 Å². The molecule has 0 heterocycles. The molecule has 0 saturated carbocycles. The van der Waals surface area contributed by atoms with Crippen molar-refractivity contribution in [3.63, 3.8) is 0 Å². The molecule has 0 bridgehead atoms. The van der Waals surface area contributed by atoms with Gasteiger partial charge >= 0.3 is 0 Å². The SMILES string of the molecule is COc1ccc([C@H](O)C[C@@H](C)O)cc1. The largest absolute Gasteiger partial charge is 0.497 e. The Kier molecular flexibility index (Phi) is 3.92. The molecule has 0 aromatic heterocycles. The van der Waals surface area contributed by atoms with E-state index in [4.69, 9.17) is 9.84 Å². The van der Waals surface area contributed by atoms with E-state index < -0.39 is 12.2 Å². The summed E-state index contributed by atoms with van der Waals surface area (Å²) in [5, 5.41) is 18.8. The highest BCUT2D eigenvalue weighted by Gasteiger charge is 2.10. The smallest absolute Gasteiger partial charge is 0.118 e. The second kappa shape index (κ2) is 4.98. The molecular weight excluding hydrogens is 180 g/mol. The van der Waals surface area contributed by atoms with Gasteiger partial charge in [0.1, 0.15) is 5.75 Å². The molecule has 0 spiro atoms. The van der Waals surface area contributed by atoms with Crippen LogP contribution in [0, 0.1) is 0 Å². The first-order valence-electron chi connectivity index (χ1n) is 4.63. The molecule has 0 aliphatic heterocycles. The van der Waals surface area contributed by atoms with E-state index in [1.54, 1.807) is 38.3 Å². The highest BCUT2D eigenvalue weighted by atomic mass is 16.5. The molecular formula is C11H16O3. The lowest BCUT2D eigenvalue weighted by molar-refractivity contribution is 0.0907. The van der Waals surface area contributed by atoms with E-state index in [9.17, 15) is 5.11 Å². The first-order chi connectivity index (χ1) is 6.63. The Bertz CT molecular complexity index is 266. The second-order valence-electron chi connectivity index (χ2n) is 3.37. The van der Waals surface area contributed by atoms with Gasteiger partial charge in [0.15, 0.2) is 0 Å². The van der Waals surface area contributed by atoms with Crippen molar-refractivity contribution in [1.82, 2.24) is 0 Å². The second-order valence-corrected chi connectivity index (χ2v) is 3.37. The molecule has 0 aliphatic carbocycles. The van der Waals surface area contributed by atoms with Gasteiger partial charge in [-0.25, -0.2) is 0 Å². The highest BCUT2D eigenvalue weighted by molar-refractivity contribution is 5.28. The average Bonchev–Trinajstić information content (AvgIpc) is 2.17. The molecule has 14 heavy (non-hydrogen) atoms. The van der Waals surface area contributed by atoms with Gasteiger partial charge in [0.2, 0.25) is 0 Å². The van der Waals surface area contributed by atoms with Crippen LogP contribution in [0.5, 0.6) is 5.75 Å². The van der Waals surface area contributed by atoms with Gasteiger partial charge in [-0.1, -0.05) is 12.1 Å². The lowest BCUT2D eigenvalue weighted by Gasteiger charge is -2.12. The molecule has 1 aromatic rings. The van der Waals surface area contributed by atoms with Gasteiger partial charge in [-0.3, -0.25) is 0 Å². The average molecular weight is 196 g/mol. The van der Waals surface area contributed by atoms with Crippen LogP contribution in [0.4, 0.5) is 0 Å². The van der Waals surface area contributed by atoms with Crippen LogP contribution >= 0.6 is 0 Å². The van der Waals surface area contributed by atoms with Gasteiger partial charge in [-0.2, -0.15) is 0 Å². The molecule has 3 nitrogen and oxygen atoms in total. The molecule has 0 saturated heterocycles. The summed E-state index contributed by atoms with van der Waals surface area (Å²) < 4.78 is 5.00. The van der Waals surface area contributed by atoms with Crippen molar-refractivity contribution in [2.75, 3.05) is 7.11 Å². The number of methoxy groups -OCH3 is 1. The van der Waals surface area contributed by atoms with Gasteiger partial charge in [0.25, 0.3) is 0 Å². The third-order valence-corrected chi connectivity index (χ3v) is 2.06. The fraction of sp³-hybridized carbons (Fsp3) is 0.455. The molecule has 0 radical (unpaired) electrons. The van der Waals surface area contributed by atoms with Crippen molar-refractivity contribution >= 4 is 0 Å². The first-order valence-corrected chi connectivity index (χ1v) is 4.63. The minimum atomic E-state index is -0.610. The van der Waals surface area contributed by atoms with Crippen LogP contribution in [0.25, 0.3) is 0 Å². The Labute approximate surface area is 84.0 Å². The van der Waals surface area contributed by atoms with E-state index in [2.05, 4.69) is 0 Å². The third kappa shape index (κ3) is 3.01. The van der Waals surface area contributed by atoms with Crippen molar-refractivity contribution < 1.29 is 14.9 Å². The normalized spacial score (nSPS) is 14.9. The monoisotopic (exact) mass is 196 g/mol. The fourth-order valence-corrected chi connectivity index (χ4v) is 1.29. The van der Waals surface area contributed by atoms with Crippen molar-refractivity contribution in [3.05, 3.63) is 29.8 Å². The molecule has 0 fully saturated rings. The minimum Gasteiger partial charge on any atom is -0.497 e. The van der Waals surface area contributed by atoms with Crippen LogP contribution in [0.1, 0.15) is 25.0 Å². The summed E-state index contributed by atoms with van der Waals surface area (Å²) in [6.07, 6.45) is -0.750. The van der Waals surface area contributed by atoms with Crippen molar-refractivity contribution in [2.45, 2.75) is 25.6 Å². The molecule has 78 valence electrons. The Balaban J connectivity index is 2.66. The molecule has 3 heteroatoms. The standard InChI is InChI=1S/C11H16O3/c1-8(12)7-11(13)9-3-5-10(14-2)6-4-9/h3-6,8,11-13H,7H2,1-2H3/t8-,11-/m1/s1. The molecule has 0 unspecified atom stereocenters. The highest BCUT2D eigenvalue weighted by Crippen LogP contribution is 2.20. The molecule has 2 N–H and O–H groups in total. The Morgan fingerprint density at radius 1 is 1.21 bits per heavy atom. The number of aliphatic hydroxyl groups is 2. The number of hydrogen-bond donors (Lipinski definition) is 2. The summed E-state index contributed by atoms with van der Waals surface area (Å²) in [5.74, 6) is 0.762. The van der Waals surface area contributed by atoms with Gasteiger partial charge in [-0.15, -0.1) is 0 Å². The van der Waals surface area contributed by atoms with Gasteiger partial charge in [0, 0.05) is 6.42 Å². The van der Waals surface area contributed by atoms with E-state index >= 15 is 0 Å². The zero-order valence-electron chi connectivity index (χ0n) is 8.47. The first kappa shape index (κ1) is 11.0. The third-order valence-electron chi connectivity index (χ3n) is 2.06. The summed E-state index contributed by atoms with van der Waals surface area (Å²) in [7, 11) is 1.60. The Morgan fingerprint density at radius 2 is 1.79 bits per heavy atom. The quantitative estimate of drug-likeness (QED) is 0.767. The summed E-state index contributed by atoms with van der Waals surface area (Å²) in [5.41, 5.74) is 0.798. The van der Waals surface area contributed by atoms with Crippen molar-refractivity contribution in [1.29, 1.82) is 0 Å². The predicted octanol–water partition coefficient (Wildman–Crippen LogP) is 1.50. The molecule has 1 aromatic carbocycles. The summed E-state index contributed by atoms with van der Waals surface area (Å²) in [4.78, 5) is 0. The lowest BCUT2D eigenvalue weighted by Crippen LogP contribution is -2.07. The molecule has 2 atom stereocenters. The number of benzene rings is 1. The maximum Gasteiger partial charge on any atom is 0.118 e. The van der Waals surface area contributed by atoms with Crippen LogP contribution in [-0.4, -0.2) is 23.4 Å². The minimum absolute atomic E-state index is 0.354. The van der Waals surface area contributed by atoms with Gasteiger partial charge < -0.3 is 14.9 Å². The zero-order chi connectivity index (χ0) is 10.6. The number of hydrogen-bond acceptors (Lipinski definition) is 3. The maximum absolute atomic E-state index is 9.65. The van der Waals surface area contributed by atoms with E-state index in [-0.39, 0.29) is 0 Å². The van der Waals surface area contributed by atoms with Crippen molar-refractivity contribution in [3.8, 4) is 5.75 Å². The van der Waals surface area contributed by atoms with Crippen molar-refractivity contribution in [2.24, 2.45) is 0 Å². The zero-order valence-corrected chi connectivity index (χ0v) is 8.47. The summed E-state index contributed by atoms with van der Waals surface area (Å²) in [6.45, 7) is 1.66. The number of rotatable bonds is 4. The topological polar surface area (TPSA) is 49.7 Å². The lowest BCUT2D eigenvalue weighted by atomic mass is 10.0. The van der Waals surface area contributed by atoms with Crippen LogP contribution in [0.3, 0.4) is 0 Å². The van der Waals surface area contributed by atoms with Crippen LogP contribution in [0.15, 0.2) is 24.3 Å². The Morgan fingerprint density at radius 3 is 2.21 bits per heavy atom. The van der Waals surface area contributed by atoms with E-state index in [0.717, 1.165) is 11.3 Å². The van der Waals surface area contributed by atoms with E-state index in [0.29, 0.717) is 6.42 Å². The number of ether oxygens (including phenoxy) is 1. The summed E-state index contributed by atoms with van der Waals surface area (Å²) >= 11 is 0. The Hall–Kier alpha value is -1.06. The molecule has 1 rings (SSSR count). The maximum atomic E-state index is 9.65. The number of aliphatic hydroxyl groups excluding tert-OH is 2. The van der Waals surface area contributed by atoms with Gasteiger partial charge in [-0.05, 0) is 24.6 Å². The predicted molar refractivity (Wildman–Crippen MR) is 54.3 cm³/mol.